The highest BCUT2D eigenvalue weighted by atomic mass is 35.5. The Kier molecular flexibility index (Phi) is 3.21. The molecular weight excluding hydrogens is 286 g/mol. The molecule has 0 aliphatic carbocycles. The fourth-order valence-electron chi connectivity index (χ4n) is 2.15. The smallest absolute Gasteiger partial charge is 0.135 e. The average Bonchev–Trinajstić information content (AvgIpc) is 2.38. The van der Waals surface area contributed by atoms with E-state index < -0.39 is 0 Å². The van der Waals surface area contributed by atoms with Crippen molar-refractivity contribution >= 4 is 29.3 Å². The van der Waals surface area contributed by atoms with Crippen molar-refractivity contribution in [3.63, 3.8) is 0 Å². The predicted molar refractivity (Wildman–Crippen MR) is 76.4 cm³/mol. The fraction of sp³-hybridized carbons (Fsp3) is 0.0667. The van der Waals surface area contributed by atoms with Crippen LogP contribution < -0.4 is 4.74 Å². The number of halogens is 3. The van der Waals surface area contributed by atoms with Gasteiger partial charge in [-0.3, -0.25) is 0 Å². The van der Waals surface area contributed by atoms with Crippen molar-refractivity contribution in [3.05, 3.63) is 57.8 Å². The maximum Gasteiger partial charge on any atom is 0.135 e. The Morgan fingerprint density at radius 1 is 1.11 bits per heavy atom. The lowest BCUT2D eigenvalue weighted by Gasteiger charge is -2.18. The molecule has 1 nitrogen and oxygen atoms in total. The van der Waals surface area contributed by atoms with Gasteiger partial charge in [0, 0.05) is 16.7 Å². The van der Waals surface area contributed by atoms with E-state index in [1.807, 2.05) is 12.2 Å². The lowest BCUT2D eigenvalue weighted by molar-refractivity contribution is 0.359. The third-order valence-electron chi connectivity index (χ3n) is 2.94. The van der Waals surface area contributed by atoms with E-state index >= 15 is 0 Å². The zero-order chi connectivity index (χ0) is 13.4. The van der Waals surface area contributed by atoms with Gasteiger partial charge in [-0.1, -0.05) is 35.3 Å². The molecule has 0 unspecified atom stereocenters. The van der Waals surface area contributed by atoms with E-state index in [1.165, 1.54) is 12.1 Å². The first-order valence-electron chi connectivity index (χ1n) is 5.74. The number of benzene rings is 2. The molecule has 0 saturated carbocycles. The summed E-state index contributed by atoms with van der Waals surface area (Å²) in [4.78, 5) is 0. The minimum absolute atomic E-state index is 0.347. The molecule has 96 valence electrons. The molecule has 0 fully saturated rings. The van der Waals surface area contributed by atoms with E-state index in [1.54, 1.807) is 18.2 Å². The van der Waals surface area contributed by atoms with Crippen LogP contribution in [-0.2, 0) is 0 Å². The molecule has 0 bridgehead atoms. The molecule has 0 aromatic heterocycles. The Bertz CT molecular complexity index is 660. The van der Waals surface area contributed by atoms with Crippen LogP contribution in [0, 0.1) is 5.82 Å². The minimum Gasteiger partial charge on any atom is -0.488 e. The molecule has 1 heterocycles. The Hall–Kier alpha value is -1.51. The molecule has 3 rings (SSSR count). The van der Waals surface area contributed by atoms with Gasteiger partial charge in [0.05, 0.1) is 10.0 Å². The molecule has 2 aromatic carbocycles. The molecule has 1 aliphatic rings. The SMILES string of the molecule is Fc1cc2c(c(-c3c(Cl)cccc3Cl)c1)OCC=C2. The van der Waals surface area contributed by atoms with Crippen LogP contribution in [0.1, 0.15) is 5.56 Å². The lowest BCUT2D eigenvalue weighted by Crippen LogP contribution is -2.03. The van der Waals surface area contributed by atoms with E-state index in [-0.39, 0.29) is 5.82 Å². The molecule has 0 spiro atoms. The van der Waals surface area contributed by atoms with Crippen LogP contribution in [0.2, 0.25) is 10.0 Å². The van der Waals surface area contributed by atoms with E-state index in [4.69, 9.17) is 27.9 Å². The summed E-state index contributed by atoms with van der Waals surface area (Å²) in [6.45, 7) is 0.452. The molecule has 2 aromatic rings. The fourth-order valence-corrected chi connectivity index (χ4v) is 2.75. The van der Waals surface area contributed by atoms with Gasteiger partial charge in [-0.2, -0.15) is 0 Å². The van der Waals surface area contributed by atoms with Gasteiger partial charge in [-0.05, 0) is 30.3 Å². The molecule has 0 N–H and O–H groups in total. The van der Waals surface area contributed by atoms with Crippen molar-refractivity contribution in [2.24, 2.45) is 0 Å². The predicted octanol–water partition coefficient (Wildman–Crippen LogP) is 5.21. The maximum atomic E-state index is 13.7. The van der Waals surface area contributed by atoms with Crippen molar-refractivity contribution in [1.29, 1.82) is 0 Å². The minimum atomic E-state index is -0.347. The standard InChI is InChI=1S/C15H9Cl2FO/c16-12-4-1-5-13(17)14(12)11-8-10(18)7-9-3-2-6-19-15(9)11/h1-5,7-8H,6H2. The Morgan fingerprint density at radius 2 is 1.84 bits per heavy atom. The average molecular weight is 295 g/mol. The van der Waals surface area contributed by atoms with Crippen molar-refractivity contribution in [1.82, 2.24) is 0 Å². The van der Waals surface area contributed by atoms with Crippen LogP contribution in [0.3, 0.4) is 0 Å². The van der Waals surface area contributed by atoms with Crippen molar-refractivity contribution in [3.8, 4) is 16.9 Å². The normalized spacial score (nSPS) is 13.0. The third kappa shape index (κ3) is 2.22. The maximum absolute atomic E-state index is 13.7. The van der Waals surface area contributed by atoms with Gasteiger partial charge in [-0.25, -0.2) is 4.39 Å². The number of hydrogen-bond acceptors (Lipinski definition) is 1. The molecule has 1 aliphatic heterocycles. The summed E-state index contributed by atoms with van der Waals surface area (Å²) in [5.74, 6) is 0.263. The number of fused-ring (bicyclic) bond motifs is 1. The highest BCUT2D eigenvalue weighted by Crippen LogP contribution is 2.42. The summed E-state index contributed by atoms with van der Waals surface area (Å²) >= 11 is 12.4. The first-order chi connectivity index (χ1) is 9.16. The molecule has 0 radical (unpaired) electrons. The molecule has 0 amide bonds. The van der Waals surface area contributed by atoms with Crippen LogP contribution in [0.15, 0.2) is 36.4 Å². The first kappa shape index (κ1) is 12.5. The summed E-state index contributed by atoms with van der Waals surface area (Å²) in [5, 5.41) is 0.942. The zero-order valence-electron chi connectivity index (χ0n) is 9.79. The van der Waals surface area contributed by atoms with Crippen molar-refractivity contribution < 1.29 is 9.13 Å². The lowest BCUT2D eigenvalue weighted by atomic mass is 9.99. The summed E-state index contributed by atoms with van der Waals surface area (Å²) in [6, 6.07) is 8.02. The third-order valence-corrected chi connectivity index (χ3v) is 3.57. The van der Waals surface area contributed by atoms with Crippen LogP contribution in [-0.4, -0.2) is 6.61 Å². The zero-order valence-corrected chi connectivity index (χ0v) is 11.3. The van der Waals surface area contributed by atoms with Gasteiger partial charge in [0.2, 0.25) is 0 Å². The summed E-state index contributed by atoms with van der Waals surface area (Å²) in [6.07, 6.45) is 3.66. The molecule has 19 heavy (non-hydrogen) atoms. The first-order valence-corrected chi connectivity index (χ1v) is 6.49. The van der Waals surface area contributed by atoms with Crippen molar-refractivity contribution in [2.75, 3.05) is 6.61 Å². The van der Waals surface area contributed by atoms with Gasteiger partial charge < -0.3 is 4.74 Å². The monoisotopic (exact) mass is 294 g/mol. The topological polar surface area (TPSA) is 9.23 Å². The molecule has 0 atom stereocenters. The van der Waals surface area contributed by atoms with E-state index in [9.17, 15) is 4.39 Å². The quantitative estimate of drug-likeness (QED) is 0.702. The van der Waals surface area contributed by atoms with Gasteiger partial charge >= 0.3 is 0 Å². The van der Waals surface area contributed by atoms with Gasteiger partial charge in [-0.15, -0.1) is 0 Å². The van der Waals surface area contributed by atoms with Crippen LogP contribution in [0.4, 0.5) is 4.39 Å². The Balaban J connectivity index is 2.31. The Labute approximate surface area is 120 Å². The summed E-state index contributed by atoms with van der Waals surface area (Å²) in [7, 11) is 0. The van der Waals surface area contributed by atoms with E-state index in [0.29, 0.717) is 39.1 Å². The van der Waals surface area contributed by atoms with Gasteiger partial charge in [0.25, 0.3) is 0 Å². The summed E-state index contributed by atoms with van der Waals surface area (Å²) in [5.41, 5.74) is 1.86. The van der Waals surface area contributed by atoms with Gasteiger partial charge in [0.15, 0.2) is 0 Å². The highest BCUT2D eigenvalue weighted by Gasteiger charge is 2.18. The molecule has 4 heteroatoms. The number of ether oxygens (including phenoxy) is 1. The second kappa shape index (κ2) is 4.87. The summed E-state index contributed by atoms with van der Waals surface area (Å²) < 4.78 is 19.3. The second-order valence-electron chi connectivity index (χ2n) is 4.18. The largest absolute Gasteiger partial charge is 0.488 e. The molecular formula is C15H9Cl2FO. The van der Waals surface area contributed by atoms with Gasteiger partial charge in [0.1, 0.15) is 18.2 Å². The van der Waals surface area contributed by atoms with E-state index in [0.717, 1.165) is 0 Å². The van der Waals surface area contributed by atoms with Crippen LogP contribution in [0.25, 0.3) is 17.2 Å². The highest BCUT2D eigenvalue weighted by molar-refractivity contribution is 6.39. The second-order valence-corrected chi connectivity index (χ2v) is 5.00. The van der Waals surface area contributed by atoms with Crippen LogP contribution >= 0.6 is 23.2 Å². The molecule has 0 saturated heterocycles. The van der Waals surface area contributed by atoms with Crippen molar-refractivity contribution in [2.45, 2.75) is 0 Å². The number of rotatable bonds is 1. The Morgan fingerprint density at radius 3 is 2.58 bits per heavy atom. The van der Waals surface area contributed by atoms with Crippen LogP contribution in [0.5, 0.6) is 5.75 Å². The number of hydrogen-bond donors (Lipinski definition) is 0. The van der Waals surface area contributed by atoms with E-state index in [2.05, 4.69) is 0 Å².